The second-order valence-corrected chi connectivity index (χ2v) is 12.4. The smallest absolute Gasteiger partial charge is 0.408 e. The Morgan fingerprint density at radius 1 is 0.938 bits per heavy atom. The maximum Gasteiger partial charge on any atom is 0.408 e. The van der Waals surface area contributed by atoms with Crippen LogP contribution in [0, 0.1) is 0 Å². The van der Waals surface area contributed by atoms with Crippen molar-refractivity contribution in [2.45, 2.75) is 88.4 Å². The fraction of sp³-hybridized carbons (Fsp3) is 0.500. The summed E-state index contributed by atoms with van der Waals surface area (Å²) >= 11 is 0. The SMILES string of the molecule is COc1cccc(CC2(C(=O)N[C@H](C(N)=O)[C@@H](C)O)CCCN2C(=O)[C@@H]2CCCN2C(=O)[C@@H](NC(=O)OCc2ccccc2)[C@@H](C)O)c1. The molecule has 14 nitrogen and oxygen atoms in total. The highest BCUT2D eigenvalue weighted by Crippen LogP contribution is 2.36. The van der Waals surface area contributed by atoms with Gasteiger partial charge in [0, 0.05) is 19.5 Å². The summed E-state index contributed by atoms with van der Waals surface area (Å²) in [6.45, 7) is 3.01. The van der Waals surface area contributed by atoms with Crippen LogP contribution in [-0.2, 0) is 36.9 Å². The van der Waals surface area contributed by atoms with E-state index in [-0.39, 0.29) is 32.5 Å². The molecule has 2 aromatic rings. The number of hydrogen-bond donors (Lipinski definition) is 5. The van der Waals surface area contributed by atoms with Gasteiger partial charge in [0.1, 0.15) is 36.0 Å². The Bertz CT molecular complexity index is 1470. The van der Waals surface area contributed by atoms with Crippen molar-refractivity contribution in [2.24, 2.45) is 5.73 Å². The predicted molar refractivity (Wildman–Crippen MR) is 173 cm³/mol. The second kappa shape index (κ2) is 15.9. The molecular weight excluding hydrogens is 622 g/mol. The molecule has 2 aliphatic rings. The summed E-state index contributed by atoms with van der Waals surface area (Å²) in [5.41, 5.74) is 5.41. The van der Waals surface area contributed by atoms with Crippen LogP contribution in [0.25, 0.3) is 0 Å². The Morgan fingerprint density at radius 3 is 2.27 bits per heavy atom. The van der Waals surface area contributed by atoms with E-state index in [0.29, 0.717) is 30.6 Å². The third kappa shape index (κ3) is 8.23. The zero-order valence-electron chi connectivity index (χ0n) is 27.5. The number of aliphatic hydroxyl groups is 2. The van der Waals surface area contributed by atoms with E-state index in [2.05, 4.69) is 10.6 Å². The van der Waals surface area contributed by atoms with Crippen LogP contribution in [-0.4, -0.2) is 106 Å². The minimum absolute atomic E-state index is 0.0454. The number of rotatable bonds is 13. The third-order valence-electron chi connectivity index (χ3n) is 8.94. The van der Waals surface area contributed by atoms with Crippen molar-refractivity contribution in [1.29, 1.82) is 0 Å². The zero-order valence-corrected chi connectivity index (χ0v) is 27.5. The van der Waals surface area contributed by atoms with Gasteiger partial charge in [-0.05, 0) is 62.8 Å². The number of ether oxygens (including phenoxy) is 2. The molecule has 0 aliphatic carbocycles. The molecule has 0 radical (unpaired) electrons. The molecular formula is C34H45N5O9. The van der Waals surface area contributed by atoms with Gasteiger partial charge in [-0.2, -0.15) is 0 Å². The molecule has 2 aliphatic heterocycles. The Hall–Kier alpha value is -4.69. The number of alkyl carbamates (subject to hydrolysis) is 1. The normalized spacial score (nSPS) is 21.5. The average molecular weight is 668 g/mol. The molecule has 2 fully saturated rings. The highest BCUT2D eigenvalue weighted by Gasteiger charge is 2.53. The van der Waals surface area contributed by atoms with Crippen molar-refractivity contribution in [3.8, 4) is 5.75 Å². The van der Waals surface area contributed by atoms with Crippen LogP contribution in [0.2, 0.25) is 0 Å². The molecule has 0 saturated carbocycles. The highest BCUT2D eigenvalue weighted by molar-refractivity contribution is 5.98. The summed E-state index contributed by atoms with van der Waals surface area (Å²) in [6.07, 6.45) is -2.01. The summed E-state index contributed by atoms with van der Waals surface area (Å²) in [7, 11) is 1.51. The first kappa shape index (κ1) is 36.2. The lowest BCUT2D eigenvalue weighted by Gasteiger charge is -2.41. The highest BCUT2D eigenvalue weighted by atomic mass is 16.5. The van der Waals surface area contributed by atoms with Crippen molar-refractivity contribution in [3.63, 3.8) is 0 Å². The Balaban J connectivity index is 1.59. The van der Waals surface area contributed by atoms with Crippen LogP contribution >= 0.6 is 0 Å². The summed E-state index contributed by atoms with van der Waals surface area (Å²) in [4.78, 5) is 70.0. The number of aliphatic hydroxyl groups excluding tert-OH is 2. The van der Waals surface area contributed by atoms with E-state index in [4.69, 9.17) is 15.2 Å². The number of methoxy groups -OCH3 is 1. The van der Waals surface area contributed by atoms with Gasteiger partial charge in [0.05, 0.1) is 19.3 Å². The molecule has 6 atom stereocenters. The van der Waals surface area contributed by atoms with E-state index in [0.717, 1.165) is 5.56 Å². The molecule has 0 aromatic heterocycles. The van der Waals surface area contributed by atoms with E-state index in [1.165, 1.54) is 30.8 Å². The van der Waals surface area contributed by atoms with Gasteiger partial charge in [-0.3, -0.25) is 19.2 Å². The molecule has 5 amide bonds. The molecule has 2 heterocycles. The average Bonchev–Trinajstić information content (AvgIpc) is 3.73. The number of benzene rings is 2. The van der Waals surface area contributed by atoms with Crippen LogP contribution in [0.5, 0.6) is 5.75 Å². The summed E-state index contributed by atoms with van der Waals surface area (Å²) in [5, 5.41) is 25.7. The molecule has 14 heteroatoms. The number of nitrogens with one attached hydrogen (secondary N) is 2. The lowest BCUT2D eigenvalue weighted by molar-refractivity contribution is -0.153. The zero-order chi connectivity index (χ0) is 35.0. The number of likely N-dealkylation sites (tertiary alicyclic amines) is 2. The van der Waals surface area contributed by atoms with Gasteiger partial charge < -0.3 is 45.9 Å². The molecule has 260 valence electrons. The van der Waals surface area contributed by atoms with Gasteiger partial charge in [-0.25, -0.2) is 4.79 Å². The molecule has 48 heavy (non-hydrogen) atoms. The fourth-order valence-electron chi connectivity index (χ4n) is 6.45. The van der Waals surface area contributed by atoms with Crippen molar-refractivity contribution >= 4 is 29.7 Å². The Morgan fingerprint density at radius 2 is 1.62 bits per heavy atom. The van der Waals surface area contributed by atoms with E-state index in [9.17, 15) is 34.2 Å². The number of carbonyl (C=O) groups is 5. The summed E-state index contributed by atoms with van der Waals surface area (Å²) in [5.74, 6) is -2.20. The molecule has 4 rings (SSSR count). The van der Waals surface area contributed by atoms with Crippen LogP contribution < -0.4 is 21.1 Å². The van der Waals surface area contributed by atoms with Crippen LogP contribution in [0.3, 0.4) is 0 Å². The van der Waals surface area contributed by atoms with Crippen LogP contribution in [0.15, 0.2) is 54.6 Å². The maximum absolute atomic E-state index is 14.4. The first-order chi connectivity index (χ1) is 22.9. The molecule has 2 saturated heterocycles. The largest absolute Gasteiger partial charge is 0.497 e. The number of nitrogens with zero attached hydrogens (tertiary/aromatic N) is 2. The van der Waals surface area contributed by atoms with Crippen LogP contribution in [0.1, 0.15) is 50.7 Å². The summed E-state index contributed by atoms with van der Waals surface area (Å²) in [6, 6.07) is 12.2. The van der Waals surface area contributed by atoms with Gasteiger partial charge in [0.15, 0.2) is 0 Å². The van der Waals surface area contributed by atoms with Gasteiger partial charge >= 0.3 is 6.09 Å². The quantitative estimate of drug-likeness (QED) is 0.203. The molecule has 0 bridgehead atoms. The monoisotopic (exact) mass is 667 g/mol. The number of carbonyl (C=O) groups excluding carboxylic acids is 5. The van der Waals surface area contributed by atoms with E-state index >= 15 is 0 Å². The second-order valence-electron chi connectivity index (χ2n) is 12.4. The number of amides is 5. The van der Waals surface area contributed by atoms with Crippen molar-refractivity contribution in [2.75, 3.05) is 20.2 Å². The Kier molecular flexibility index (Phi) is 12.0. The van der Waals surface area contributed by atoms with E-state index < -0.39 is 65.6 Å². The minimum atomic E-state index is -1.49. The molecule has 0 spiro atoms. The van der Waals surface area contributed by atoms with Gasteiger partial charge in [-0.15, -0.1) is 0 Å². The molecule has 6 N–H and O–H groups in total. The van der Waals surface area contributed by atoms with Gasteiger partial charge in [0.25, 0.3) is 0 Å². The lowest BCUT2D eigenvalue weighted by Crippen LogP contribution is -2.65. The van der Waals surface area contributed by atoms with E-state index in [1.54, 1.807) is 48.5 Å². The summed E-state index contributed by atoms with van der Waals surface area (Å²) < 4.78 is 10.6. The number of hydrogen-bond acceptors (Lipinski definition) is 9. The lowest BCUT2D eigenvalue weighted by atomic mass is 9.86. The molecule has 2 aromatic carbocycles. The molecule has 1 unspecified atom stereocenters. The van der Waals surface area contributed by atoms with Crippen molar-refractivity contribution in [1.82, 2.24) is 20.4 Å². The minimum Gasteiger partial charge on any atom is -0.497 e. The first-order valence-corrected chi connectivity index (χ1v) is 16.1. The van der Waals surface area contributed by atoms with E-state index in [1.807, 2.05) is 6.07 Å². The van der Waals surface area contributed by atoms with Crippen molar-refractivity contribution < 1.29 is 43.7 Å². The van der Waals surface area contributed by atoms with Gasteiger partial charge in [0.2, 0.25) is 23.6 Å². The first-order valence-electron chi connectivity index (χ1n) is 16.1. The third-order valence-corrected chi connectivity index (χ3v) is 8.94. The van der Waals surface area contributed by atoms with Gasteiger partial charge in [-0.1, -0.05) is 42.5 Å². The standard InChI is InChI=1S/C34H45N5O9/c1-21(40)27(29(35)42)36-32(45)34(19-24-12-7-13-25(18-24)47-3)15-9-17-39(34)30(43)26-14-8-16-38(26)31(44)28(22(2)41)37-33(46)48-20-23-10-5-4-6-11-23/h4-7,10-13,18,21-22,26-28,40-41H,8-9,14-17,19-20H2,1-3H3,(H2,35,42)(H,36,45)(H,37,46)/t21-,22-,26+,27+,28+,34?/m1/s1. The number of primary amides is 1. The topological polar surface area (TPSA) is 201 Å². The van der Waals surface area contributed by atoms with Crippen molar-refractivity contribution in [3.05, 3.63) is 65.7 Å². The van der Waals surface area contributed by atoms with Crippen LogP contribution in [0.4, 0.5) is 4.79 Å². The number of nitrogens with two attached hydrogens (primary N) is 1. The Labute approximate surface area is 279 Å². The maximum atomic E-state index is 14.4. The fourth-order valence-corrected chi connectivity index (χ4v) is 6.45. The predicted octanol–water partition coefficient (Wildman–Crippen LogP) is 0.617.